The summed E-state index contributed by atoms with van der Waals surface area (Å²) in [7, 11) is 0. The molecule has 1 rings (SSSR count). The number of carbonyl (C=O) groups excluding carboxylic acids is 2. The summed E-state index contributed by atoms with van der Waals surface area (Å²) in [5.74, 6) is -0.694. The average molecular weight is 406 g/mol. The van der Waals surface area contributed by atoms with Crippen LogP contribution in [0.5, 0.6) is 0 Å². The molecule has 1 aromatic heterocycles. The minimum Gasteiger partial charge on any atom is -0.461 e. The SMILES string of the molecule is CCCCCCCCCCCCOC(=O)c1cccc(C(=O)OCC(C)CC)n1. The molecule has 0 aliphatic rings. The zero-order valence-electron chi connectivity index (χ0n) is 18.6. The lowest BCUT2D eigenvalue weighted by molar-refractivity contribution is 0.0438. The molecule has 164 valence electrons. The third kappa shape index (κ3) is 11.6. The Balaban J connectivity index is 2.20. The van der Waals surface area contributed by atoms with Crippen molar-refractivity contribution in [1.82, 2.24) is 4.98 Å². The average Bonchev–Trinajstić information content (AvgIpc) is 2.75. The lowest BCUT2D eigenvalue weighted by atomic mass is 10.1. The number of aromatic nitrogens is 1. The molecule has 0 bridgehead atoms. The minimum atomic E-state index is -0.505. The van der Waals surface area contributed by atoms with Gasteiger partial charge in [0.25, 0.3) is 0 Å². The Morgan fingerprint density at radius 3 is 1.90 bits per heavy atom. The molecule has 1 unspecified atom stereocenters. The first kappa shape index (κ1) is 25.1. The summed E-state index contributed by atoms with van der Waals surface area (Å²) >= 11 is 0. The third-order valence-electron chi connectivity index (χ3n) is 5.09. The van der Waals surface area contributed by atoms with Gasteiger partial charge in [-0.15, -0.1) is 0 Å². The molecule has 0 aromatic carbocycles. The van der Waals surface area contributed by atoms with Gasteiger partial charge in [0.2, 0.25) is 0 Å². The largest absolute Gasteiger partial charge is 0.461 e. The fourth-order valence-corrected chi connectivity index (χ4v) is 2.90. The Hall–Kier alpha value is -1.91. The van der Waals surface area contributed by atoms with Crippen molar-refractivity contribution in [2.75, 3.05) is 13.2 Å². The zero-order valence-corrected chi connectivity index (χ0v) is 18.6. The molecule has 0 N–H and O–H groups in total. The fourth-order valence-electron chi connectivity index (χ4n) is 2.90. The van der Waals surface area contributed by atoms with Crippen LogP contribution in [0.4, 0.5) is 0 Å². The maximum absolute atomic E-state index is 12.2. The molecule has 5 nitrogen and oxygen atoms in total. The first-order valence-electron chi connectivity index (χ1n) is 11.4. The minimum absolute atomic E-state index is 0.140. The number of unbranched alkanes of at least 4 members (excludes halogenated alkanes) is 9. The number of rotatable bonds is 16. The van der Waals surface area contributed by atoms with Crippen molar-refractivity contribution in [2.45, 2.75) is 91.4 Å². The molecule has 0 amide bonds. The van der Waals surface area contributed by atoms with Gasteiger partial charge in [0, 0.05) is 0 Å². The summed E-state index contributed by atoms with van der Waals surface area (Å²) in [6, 6.07) is 4.74. The summed E-state index contributed by atoms with van der Waals surface area (Å²) in [5, 5.41) is 0. The number of hydrogen-bond donors (Lipinski definition) is 0. The second kappa shape index (κ2) is 15.9. The second-order valence-electron chi connectivity index (χ2n) is 7.84. The molecule has 0 radical (unpaired) electrons. The van der Waals surface area contributed by atoms with Gasteiger partial charge in [0.15, 0.2) is 0 Å². The number of nitrogens with zero attached hydrogens (tertiary/aromatic N) is 1. The van der Waals surface area contributed by atoms with E-state index < -0.39 is 11.9 Å². The Kier molecular flexibility index (Phi) is 13.8. The van der Waals surface area contributed by atoms with Crippen molar-refractivity contribution in [3.05, 3.63) is 29.6 Å². The number of pyridine rings is 1. The number of carbonyl (C=O) groups is 2. The molecule has 5 heteroatoms. The highest BCUT2D eigenvalue weighted by Crippen LogP contribution is 2.11. The summed E-state index contributed by atoms with van der Waals surface area (Å²) < 4.78 is 10.5. The first-order chi connectivity index (χ1) is 14.1. The van der Waals surface area contributed by atoms with Gasteiger partial charge in [0.1, 0.15) is 11.4 Å². The smallest absolute Gasteiger partial charge is 0.356 e. The van der Waals surface area contributed by atoms with E-state index in [0.717, 1.165) is 19.3 Å². The van der Waals surface area contributed by atoms with Crippen molar-refractivity contribution in [2.24, 2.45) is 5.92 Å². The zero-order chi connectivity index (χ0) is 21.3. The van der Waals surface area contributed by atoms with Gasteiger partial charge in [-0.05, 0) is 24.5 Å². The van der Waals surface area contributed by atoms with E-state index >= 15 is 0 Å². The predicted molar refractivity (Wildman–Crippen MR) is 116 cm³/mol. The van der Waals surface area contributed by atoms with E-state index in [1.807, 2.05) is 13.8 Å². The van der Waals surface area contributed by atoms with Gasteiger partial charge in [-0.3, -0.25) is 0 Å². The number of hydrogen-bond acceptors (Lipinski definition) is 5. The van der Waals surface area contributed by atoms with Crippen LogP contribution in [0.25, 0.3) is 0 Å². The van der Waals surface area contributed by atoms with Crippen LogP contribution in [0.15, 0.2) is 18.2 Å². The second-order valence-corrected chi connectivity index (χ2v) is 7.84. The molecule has 0 saturated carbocycles. The normalized spacial score (nSPS) is 11.8. The van der Waals surface area contributed by atoms with E-state index in [4.69, 9.17) is 9.47 Å². The Morgan fingerprint density at radius 2 is 1.34 bits per heavy atom. The summed E-state index contributed by atoms with van der Waals surface area (Å²) in [5.41, 5.74) is 0.289. The summed E-state index contributed by atoms with van der Waals surface area (Å²) in [6.45, 7) is 7.04. The number of esters is 2. The molecule has 0 aliphatic heterocycles. The van der Waals surface area contributed by atoms with Gasteiger partial charge in [-0.25, -0.2) is 14.6 Å². The van der Waals surface area contributed by atoms with Crippen molar-refractivity contribution < 1.29 is 19.1 Å². The standard InChI is InChI=1S/C24H39NO4/c1-4-6-7-8-9-10-11-12-13-14-18-28-23(26)21-16-15-17-22(25-21)24(27)29-19-20(3)5-2/h15-17,20H,4-14,18-19H2,1-3H3. The van der Waals surface area contributed by atoms with Crippen LogP contribution >= 0.6 is 0 Å². The van der Waals surface area contributed by atoms with E-state index in [2.05, 4.69) is 11.9 Å². The lowest BCUT2D eigenvalue weighted by Crippen LogP contribution is -2.15. The monoisotopic (exact) mass is 405 g/mol. The Bertz CT molecular complexity index is 588. The van der Waals surface area contributed by atoms with Crippen LogP contribution < -0.4 is 0 Å². The van der Waals surface area contributed by atoms with Crippen LogP contribution in [0.2, 0.25) is 0 Å². The van der Waals surface area contributed by atoms with E-state index in [-0.39, 0.29) is 11.4 Å². The van der Waals surface area contributed by atoms with Gasteiger partial charge in [0.05, 0.1) is 13.2 Å². The molecule has 0 spiro atoms. The molecule has 0 fully saturated rings. The Labute approximate surface area is 176 Å². The van der Waals surface area contributed by atoms with Gasteiger partial charge < -0.3 is 9.47 Å². The lowest BCUT2D eigenvalue weighted by Gasteiger charge is -2.09. The molecule has 1 aromatic rings. The molecule has 1 atom stereocenters. The number of ether oxygens (including phenoxy) is 2. The van der Waals surface area contributed by atoms with Crippen LogP contribution in [0, 0.1) is 5.92 Å². The van der Waals surface area contributed by atoms with E-state index in [9.17, 15) is 9.59 Å². The van der Waals surface area contributed by atoms with Gasteiger partial charge >= 0.3 is 11.9 Å². The maximum Gasteiger partial charge on any atom is 0.356 e. The van der Waals surface area contributed by atoms with Crippen molar-refractivity contribution in [1.29, 1.82) is 0 Å². The highest BCUT2D eigenvalue weighted by atomic mass is 16.5. The first-order valence-corrected chi connectivity index (χ1v) is 11.4. The molecule has 29 heavy (non-hydrogen) atoms. The van der Waals surface area contributed by atoms with Crippen LogP contribution in [0.3, 0.4) is 0 Å². The van der Waals surface area contributed by atoms with Crippen LogP contribution in [0.1, 0.15) is 112 Å². The molecule has 0 aliphatic carbocycles. The quantitative estimate of drug-likeness (QED) is 0.236. The van der Waals surface area contributed by atoms with Crippen LogP contribution in [-0.4, -0.2) is 30.1 Å². The van der Waals surface area contributed by atoms with E-state index in [0.29, 0.717) is 19.1 Å². The van der Waals surface area contributed by atoms with E-state index in [1.165, 1.54) is 51.4 Å². The van der Waals surface area contributed by atoms with Crippen molar-refractivity contribution >= 4 is 11.9 Å². The maximum atomic E-state index is 12.2. The molecule has 0 saturated heterocycles. The highest BCUT2D eigenvalue weighted by Gasteiger charge is 2.15. The highest BCUT2D eigenvalue weighted by molar-refractivity contribution is 5.91. The third-order valence-corrected chi connectivity index (χ3v) is 5.09. The van der Waals surface area contributed by atoms with Gasteiger partial charge in [-0.2, -0.15) is 0 Å². The molecule has 1 heterocycles. The van der Waals surface area contributed by atoms with E-state index in [1.54, 1.807) is 18.2 Å². The fraction of sp³-hybridized carbons (Fsp3) is 0.708. The van der Waals surface area contributed by atoms with Crippen LogP contribution in [-0.2, 0) is 9.47 Å². The predicted octanol–water partition coefficient (Wildman–Crippen LogP) is 6.36. The van der Waals surface area contributed by atoms with Crippen molar-refractivity contribution in [3.63, 3.8) is 0 Å². The molecular formula is C24H39NO4. The molecular weight excluding hydrogens is 366 g/mol. The van der Waals surface area contributed by atoms with Gasteiger partial charge in [-0.1, -0.05) is 91.0 Å². The summed E-state index contributed by atoms with van der Waals surface area (Å²) in [4.78, 5) is 28.3. The summed E-state index contributed by atoms with van der Waals surface area (Å²) in [6.07, 6.45) is 13.3. The topological polar surface area (TPSA) is 65.5 Å². The Morgan fingerprint density at radius 1 is 0.828 bits per heavy atom. The van der Waals surface area contributed by atoms with Crippen molar-refractivity contribution in [3.8, 4) is 0 Å².